The fourth-order valence-electron chi connectivity index (χ4n) is 0.836. The normalized spacial score (nSPS) is 8.82. The average Bonchev–Trinajstić information content (AvgIpc) is 1.82. The van der Waals surface area contributed by atoms with Crippen molar-refractivity contribution >= 4 is 23.8 Å². The van der Waals surface area contributed by atoms with E-state index >= 15 is 0 Å². The molecular weight excluding hydrogens is 164 g/mol. The van der Waals surface area contributed by atoms with Crippen LogP contribution in [0.2, 0.25) is 0 Å². The average molecular weight is 175 g/mol. The molecule has 0 radical (unpaired) electrons. The zero-order valence-corrected chi connectivity index (χ0v) is 6.98. The van der Waals surface area contributed by atoms with Gasteiger partial charge in [-0.05, 0) is 24.6 Å². The largest absolute Gasteiger partial charge is 0.506 e. The molecule has 11 heavy (non-hydrogen) atoms. The first kappa shape index (κ1) is 9.91. The highest BCUT2D eigenvalue weighted by Gasteiger charge is 2.00. The van der Waals surface area contributed by atoms with Gasteiger partial charge in [0.2, 0.25) is 0 Å². The summed E-state index contributed by atoms with van der Waals surface area (Å²) in [5, 5.41) is 9.15. The van der Waals surface area contributed by atoms with Gasteiger partial charge < -0.3 is 16.6 Å². The Morgan fingerprint density at radius 3 is 2.27 bits per heavy atom. The van der Waals surface area contributed by atoms with Crippen molar-refractivity contribution in [3.05, 3.63) is 17.7 Å². The first-order chi connectivity index (χ1) is 4.61. The molecule has 4 heteroatoms. The molecule has 62 valence electrons. The second-order valence-corrected chi connectivity index (χ2v) is 2.28. The number of benzene rings is 1. The fourth-order valence-corrected chi connectivity index (χ4v) is 0.836. The molecule has 1 aromatic rings. The molecule has 0 fully saturated rings. The highest BCUT2D eigenvalue weighted by atomic mass is 35.5. The molecule has 0 atom stereocenters. The van der Waals surface area contributed by atoms with Crippen molar-refractivity contribution in [3.8, 4) is 5.75 Å². The van der Waals surface area contributed by atoms with Crippen LogP contribution in [0, 0.1) is 6.92 Å². The Morgan fingerprint density at radius 2 is 1.82 bits per heavy atom. The molecule has 0 amide bonds. The Bertz CT molecular complexity index is 240. The minimum Gasteiger partial charge on any atom is -0.506 e. The number of aromatic hydroxyl groups is 1. The Labute approximate surface area is 71.4 Å². The van der Waals surface area contributed by atoms with E-state index < -0.39 is 0 Å². The van der Waals surface area contributed by atoms with Gasteiger partial charge in [-0.3, -0.25) is 0 Å². The molecule has 0 aromatic heterocycles. The lowest BCUT2D eigenvalue weighted by atomic mass is 10.2. The first-order valence-electron chi connectivity index (χ1n) is 2.96. The van der Waals surface area contributed by atoms with Gasteiger partial charge in [0.1, 0.15) is 5.75 Å². The van der Waals surface area contributed by atoms with Crippen LogP contribution in [0.25, 0.3) is 0 Å². The van der Waals surface area contributed by atoms with Crippen molar-refractivity contribution in [2.24, 2.45) is 0 Å². The Morgan fingerprint density at radius 1 is 1.27 bits per heavy atom. The predicted octanol–water partition coefficient (Wildman–Crippen LogP) is 1.29. The molecular formula is C7H11ClN2O. The second kappa shape index (κ2) is 3.34. The van der Waals surface area contributed by atoms with Gasteiger partial charge in [-0.15, -0.1) is 12.4 Å². The summed E-state index contributed by atoms with van der Waals surface area (Å²) in [6, 6.07) is 3.20. The molecule has 0 saturated carbocycles. The van der Waals surface area contributed by atoms with Crippen LogP contribution in [0.15, 0.2) is 12.1 Å². The maximum Gasteiger partial charge on any atom is 0.141 e. The van der Waals surface area contributed by atoms with E-state index in [0.29, 0.717) is 16.9 Å². The van der Waals surface area contributed by atoms with E-state index in [-0.39, 0.29) is 18.2 Å². The molecule has 3 nitrogen and oxygen atoms in total. The summed E-state index contributed by atoms with van der Waals surface area (Å²) in [4.78, 5) is 0. The van der Waals surface area contributed by atoms with Crippen LogP contribution in [-0.2, 0) is 0 Å². The summed E-state index contributed by atoms with van der Waals surface area (Å²) in [5.74, 6) is 0.120. The summed E-state index contributed by atoms with van der Waals surface area (Å²) < 4.78 is 0. The van der Waals surface area contributed by atoms with Gasteiger partial charge in [-0.2, -0.15) is 0 Å². The summed E-state index contributed by atoms with van der Waals surface area (Å²) >= 11 is 0. The number of hydrogen-bond donors (Lipinski definition) is 3. The Kier molecular flexibility index (Phi) is 3.01. The SMILES string of the molecule is Cc1cc(N)cc(N)c1O.Cl. The zero-order chi connectivity index (χ0) is 7.72. The highest BCUT2D eigenvalue weighted by molar-refractivity contribution is 5.85. The lowest BCUT2D eigenvalue weighted by molar-refractivity contribution is 0.474. The quantitative estimate of drug-likeness (QED) is 0.315. The topological polar surface area (TPSA) is 72.3 Å². The molecule has 1 rings (SSSR count). The maximum atomic E-state index is 9.15. The van der Waals surface area contributed by atoms with Crippen molar-refractivity contribution in [1.29, 1.82) is 0 Å². The number of phenolic OH excluding ortho intramolecular Hbond substituents is 1. The van der Waals surface area contributed by atoms with E-state index in [1.807, 2.05) is 0 Å². The number of nitrogen functional groups attached to an aromatic ring is 2. The van der Waals surface area contributed by atoms with Crippen LogP contribution in [0.3, 0.4) is 0 Å². The van der Waals surface area contributed by atoms with Crippen molar-refractivity contribution in [2.75, 3.05) is 11.5 Å². The molecule has 0 unspecified atom stereocenters. The Hall–Kier alpha value is -1.09. The molecule has 0 bridgehead atoms. The number of anilines is 2. The molecule has 0 aliphatic carbocycles. The van der Waals surface area contributed by atoms with E-state index in [4.69, 9.17) is 16.6 Å². The van der Waals surface area contributed by atoms with Crippen molar-refractivity contribution in [2.45, 2.75) is 6.92 Å². The van der Waals surface area contributed by atoms with Gasteiger partial charge in [0.15, 0.2) is 0 Å². The van der Waals surface area contributed by atoms with Gasteiger partial charge in [0.05, 0.1) is 5.69 Å². The lowest BCUT2D eigenvalue weighted by Crippen LogP contribution is -1.91. The van der Waals surface area contributed by atoms with Gasteiger partial charge in [-0.1, -0.05) is 0 Å². The smallest absolute Gasteiger partial charge is 0.141 e. The highest BCUT2D eigenvalue weighted by Crippen LogP contribution is 2.26. The first-order valence-corrected chi connectivity index (χ1v) is 2.96. The van der Waals surface area contributed by atoms with E-state index in [1.165, 1.54) is 6.07 Å². The minimum atomic E-state index is 0. The van der Waals surface area contributed by atoms with E-state index in [2.05, 4.69) is 0 Å². The van der Waals surface area contributed by atoms with Crippen LogP contribution in [0.5, 0.6) is 5.75 Å². The lowest BCUT2D eigenvalue weighted by Gasteiger charge is -2.02. The number of rotatable bonds is 0. The second-order valence-electron chi connectivity index (χ2n) is 2.28. The minimum absolute atomic E-state index is 0. The third kappa shape index (κ3) is 1.91. The Balaban J connectivity index is 0.000001000. The van der Waals surface area contributed by atoms with Crippen LogP contribution in [-0.4, -0.2) is 5.11 Å². The molecule has 1 aromatic carbocycles. The molecule has 5 N–H and O–H groups in total. The van der Waals surface area contributed by atoms with Crippen LogP contribution < -0.4 is 11.5 Å². The number of hydrogen-bond acceptors (Lipinski definition) is 3. The number of aryl methyl sites for hydroxylation is 1. The number of nitrogens with two attached hydrogens (primary N) is 2. The van der Waals surface area contributed by atoms with Gasteiger partial charge in [-0.25, -0.2) is 0 Å². The molecule has 0 spiro atoms. The molecule has 0 aliphatic heterocycles. The third-order valence-electron chi connectivity index (χ3n) is 1.35. The third-order valence-corrected chi connectivity index (χ3v) is 1.35. The van der Waals surface area contributed by atoms with Crippen LogP contribution in [0.1, 0.15) is 5.56 Å². The van der Waals surface area contributed by atoms with Crippen molar-refractivity contribution < 1.29 is 5.11 Å². The molecule has 0 saturated heterocycles. The van der Waals surface area contributed by atoms with Crippen LogP contribution >= 0.6 is 12.4 Å². The number of phenols is 1. The number of halogens is 1. The predicted molar refractivity (Wildman–Crippen MR) is 48.9 cm³/mol. The van der Waals surface area contributed by atoms with Gasteiger partial charge in [0, 0.05) is 5.69 Å². The maximum absolute atomic E-state index is 9.15. The molecule has 0 aliphatic rings. The molecule has 0 heterocycles. The van der Waals surface area contributed by atoms with E-state index in [0.717, 1.165) is 0 Å². The van der Waals surface area contributed by atoms with E-state index in [1.54, 1.807) is 13.0 Å². The van der Waals surface area contributed by atoms with E-state index in [9.17, 15) is 0 Å². The summed E-state index contributed by atoms with van der Waals surface area (Å²) in [6.45, 7) is 1.75. The summed E-state index contributed by atoms with van der Waals surface area (Å²) in [7, 11) is 0. The zero-order valence-electron chi connectivity index (χ0n) is 6.16. The van der Waals surface area contributed by atoms with Crippen LogP contribution in [0.4, 0.5) is 11.4 Å². The standard InChI is InChI=1S/C7H10N2O.ClH/c1-4-2-5(8)3-6(9)7(4)10;/h2-3,10H,8-9H2,1H3;1H. The van der Waals surface area contributed by atoms with Gasteiger partial charge in [0.25, 0.3) is 0 Å². The van der Waals surface area contributed by atoms with Gasteiger partial charge >= 0.3 is 0 Å². The monoisotopic (exact) mass is 174 g/mol. The fraction of sp³-hybridized carbons (Fsp3) is 0.143. The van der Waals surface area contributed by atoms with Crippen molar-refractivity contribution in [1.82, 2.24) is 0 Å². The van der Waals surface area contributed by atoms with Crippen molar-refractivity contribution in [3.63, 3.8) is 0 Å². The summed E-state index contributed by atoms with van der Waals surface area (Å²) in [5.41, 5.74) is 12.4. The summed E-state index contributed by atoms with van der Waals surface area (Å²) in [6.07, 6.45) is 0.